The Kier molecular flexibility index (Phi) is 4.33. The average Bonchev–Trinajstić information content (AvgIpc) is 2.38. The molecule has 1 aromatic rings. The number of para-hydroxylation sites is 1. The maximum Gasteiger partial charge on any atom is 0.215 e. The van der Waals surface area contributed by atoms with Crippen molar-refractivity contribution in [2.45, 2.75) is 13.8 Å². The third-order valence-electron chi connectivity index (χ3n) is 3.31. The fourth-order valence-corrected chi connectivity index (χ4v) is 2.37. The zero-order valence-corrected chi connectivity index (χ0v) is 11.1. The standard InChI is InChI=1S/C14H20N2O2/c1-12-4-3-5-13(2)14(12)16(11-17)10-15-6-8-18-9-7-15/h3-5,11H,6-10H2,1-2H3. The second-order valence-corrected chi connectivity index (χ2v) is 4.69. The van der Waals surface area contributed by atoms with Gasteiger partial charge in [0.15, 0.2) is 0 Å². The molecule has 0 spiro atoms. The molecule has 0 N–H and O–H groups in total. The summed E-state index contributed by atoms with van der Waals surface area (Å²) in [7, 11) is 0. The quantitative estimate of drug-likeness (QED) is 0.758. The smallest absolute Gasteiger partial charge is 0.215 e. The molecule has 0 aliphatic carbocycles. The summed E-state index contributed by atoms with van der Waals surface area (Å²) < 4.78 is 5.32. The van der Waals surface area contributed by atoms with Crippen LogP contribution in [0.1, 0.15) is 11.1 Å². The van der Waals surface area contributed by atoms with E-state index < -0.39 is 0 Å². The van der Waals surface area contributed by atoms with E-state index in [2.05, 4.69) is 4.90 Å². The van der Waals surface area contributed by atoms with Gasteiger partial charge in [-0.25, -0.2) is 0 Å². The van der Waals surface area contributed by atoms with Gasteiger partial charge in [0.25, 0.3) is 0 Å². The van der Waals surface area contributed by atoms with Crippen LogP contribution in [0.5, 0.6) is 0 Å². The van der Waals surface area contributed by atoms with E-state index in [0.29, 0.717) is 6.67 Å². The van der Waals surface area contributed by atoms with Crippen molar-refractivity contribution in [2.24, 2.45) is 0 Å². The van der Waals surface area contributed by atoms with Crippen molar-refractivity contribution >= 4 is 12.1 Å². The topological polar surface area (TPSA) is 32.8 Å². The Morgan fingerprint density at radius 1 is 1.28 bits per heavy atom. The largest absolute Gasteiger partial charge is 0.379 e. The lowest BCUT2D eigenvalue weighted by Crippen LogP contribution is -2.44. The lowest BCUT2D eigenvalue weighted by molar-refractivity contribution is -0.108. The highest BCUT2D eigenvalue weighted by Crippen LogP contribution is 2.23. The highest BCUT2D eigenvalue weighted by molar-refractivity contribution is 5.78. The van der Waals surface area contributed by atoms with Crippen LogP contribution < -0.4 is 4.90 Å². The minimum absolute atomic E-state index is 0.637. The number of carbonyl (C=O) groups excluding carboxylic acids is 1. The Morgan fingerprint density at radius 2 is 1.89 bits per heavy atom. The molecule has 2 rings (SSSR count). The van der Waals surface area contributed by atoms with Gasteiger partial charge in [0.1, 0.15) is 0 Å². The molecule has 1 aliphatic rings. The molecule has 4 heteroatoms. The van der Waals surface area contributed by atoms with E-state index in [1.165, 1.54) is 0 Å². The van der Waals surface area contributed by atoms with Crippen LogP contribution in [0, 0.1) is 13.8 Å². The second kappa shape index (κ2) is 5.98. The van der Waals surface area contributed by atoms with Gasteiger partial charge in [-0.1, -0.05) is 18.2 Å². The van der Waals surface area contributed by atoms with Gasteiger partial charge in [0.2, 0.25) is 6.41 Å². The van der Waals surface area contributed by atoms with Crippen molar-refractivity contribution in [1.29, 1.82) is 0 Å². The van der Waals surface area contributed by atoms with E-state index in [1.807, 2.05) is 32.0 Å². The maximum atomic E-state index is 11.4. The van der Waals surface area contributed by atoms with Crippen LogP contribution in [0.15, 0.2) is 18.2 Å². The first-order valence-electron chi connectivity index (χ1n) is 6.30. The Morgan fingerprint density at radius 3 is 2.44 bits per heavy atom. The molecular weight excluding hydrogens is 228 g/mol. The van der Waals surface area contributed by atoms with Crippen molar-refractivity contribution in [1.82, 2.24) is 4.90 Å². The summed E-state index contributed by atoms with van der Waals surface area (Å²) in [5.74, 6) is 0. The normalized spacial score (nSPS) is 16.6. The molecule has 0 radical (unpaired) electrons. The van der Waals surface area contributed by atoms with E-state index in [4.69, 9.17) is 4.74 Å². The van der Waals surface area contributed by atoms with Gasteiger partial charge in [-0.2, -0.15) is 0 Å². The molecule has 1 fully saturated rings. The van der Waals surface area contributed by atoms with Crippen LogP contribution in [-0.2, 0) is 9.53 Å². The first-order chi connectivity index (χ1) is 8.72. The SMILES string of the molecule is Cc1cccc(C)c1N(C=O)CN1CCOCC1. The van der Waals surface area contributed by atoms with Crippen LogP contribution in [0.2, 0.25) is 0 Å². The first-order valence-corrected chi connectivity index (χ1v) is 6.30. The second-order valence-electron chi connectivity index (χ2n) is 4.69. The monoisotopic (exact) mass is 248 g/mol. The fourth-order valence-electron chi connectivity index (χ4n) is 2.37. The maximum absolute atomic E-state index is 11.4. The molecule has 98 valence electrons. The third-order valence-corrected chi connectivity index (χ3v) is 3.31. The van der Waals surface area contributed by atoms with E-state index >= 15 is 0 Å². The van der Waals surface area contributed by atoms with Gasteiger partial charge in [-0.05, 0) is 25.0 Å². The fraction of sp³-hybridized carbons (Fsp3) is 0.500. The molecule has 4 nitrogen and oxygen atoms in total. The number of hydrogen-bond acceptors (Lipinski definition) is 3. The summed E-state index contributed by atoms with van der Waals surface area (Å²) in [5.41, 5.74) is 3.30. The Labute approximate surface area is 108 Å². The van der Waals surface area contributed by atoms with Gasteiger partial charge in [0, 0.05) is 13.1 Å². The van der Waals surface area contributed by atoms with Crippen molar-refractivity contribution < 1.29 is 9.53 Å². The average molecular weight is 248 g/mol. The summed E-state index contributed by atoms with van der Waals surface area (Å²) >= 11 is 0. The Balaban J connectivity index is 2.14. The van der Waals surface area contributed by atoms with Crippen molar-refractivity contribution in [3.8, 4) is 0 Å². The molecule has 0 saturated carbocycles. The lowest BCUT2D eigenvalue weighted by Gasteiger charge is -2.32. The van der Waals surface area contributed by atoms with Crippen molar-refractivity contribution in [3.05, 3.63) is 29.3 Å². The highest BCUT2D eigenvalue weighted by atomic mass is 16.5. The van der Waals surface area contributed by atoms with Crippen LogP contribution in [0.3, 0.4) is 0 Å². The van der Waals surface area contributed by atoms with Crippen LogP contribution in [0.4, 0.5) is 5.69 Å². The summed E-state index contributed by atoms with van der Waals surface area (Å²) in [6.45, 7) is 7.98. The summed E-state index contributed by atoms with van der Waals surface area (Å²) in [4.78, 5) is 15.4. The summed E-state index contributed by atoms with van der Waals surface area (Å²) in [5, 5.41) is 0. The highest BCUT2D eigenvalue weighted by Gasteiger charge is 2.17. The van der Waals surface area contributed by atoms with Crippen LogP contribution in [-0.4, -0.2) is 44.3 Å². The number of hydrogen-bond donors (Lipinski definition) is 0. The lowest BCUT2D eigenvalue weighted by atomic mass is 10.1. The molecular formula is C14H20N2O2. The number of morpholine rings is 1. The molecule has 1 amide bonds. The zero-order chi connectivity index (χ0) is 13.0. The molecule has 0 unspecified atom stereocenters. The number of carbonyl (C=O) groups is 1. The number of anilines is 1. The van der Waals surface area contributed by atoms with Crippen molar-refractivity contribution in [3.63, 3.8) is 0 Å². The number of nitrogens with zero attached hydrogens (tertiary/aromatic N) is 2. The molecule has 1 saturated heterocycles. The number of benzene rings is 1. The van der Waals surface area contributed by atoms with Gasteiger partial charge in [0.05, 0.1) is 25.6 Å². The summed E-state index contributed by atoms with van der Waals surface area (Å²) in [6.07, 6.45) is 0.921. The number of rotatable bonds is 4. The van der Waals surface area contributed by atoms with Crippen LogP contribution in [0.25, 0.3) is 0 Å². The molecule has 0 atom stereocenters. The number of ether oxygens (including phenoxy) is 1. The minimum Gasteiger partial charge on any atom is -0.379 e. The van der Waals surface area contributed by atoms with Gasteiger partial charge < -0.3 is 9.64 Å². The first kappa shape index (κ1) is 13.1. The van der Waals surface area contributed by atoms with E-state index in [-0.39, 0.29) is 0 Å². The predicted octanol–water partition coefficient (Wildman–Crippen LogP) is 1.56. The van der Waals surface area contributed by atoms with Gasteiger partial charge >= 0.3 is 0 Å². The molecule has 1 aliphatic heterocycles. The number of aryl methyl sites for hydroxylation is 2. The van der Waals surface area contributed by atoms with Gasteiger partial charge in [-0.3, -0.25) is 9.69 Å². The van der Waals surface area contributed by atoms with E-state index in [0.717, 1.165) is 49.5 Å². The van der Waals surface area contributed by atoms with E-state index in [1.54, 1.807) is 4.90 Å². The zero-order valence-electron chi connectivity index (χ0n) is 11.1. The van der Waals surface area contributed by atoms with Crippen molar-refractivity contribution in [2.75, 3.05) is 37.9 Å². The van der Waals surface area contributed by atoms with Gasteiger partial charge in [-0.15, -0.1) is 0 Å². The summed E-state index contributed by atoms with van der Waals surface area (Å²) in [6, 6.07) is 6.10. The van der Waals surface area contributed by atoms with E-state index in [9.17, 15) is 4.79 Å². The molecule has 18 heavy (non-hydrogen) atoms. The molecule has 0 bridgehead atoms. The molecule has 0 aromatic heterocycles. The Hall–Kier alpha value is -1.39. The Bertz CT molecular complexity index is 394. The van der Waals surface area contributed by atoms with Crippen LogP contribution >= 0.6 is 0 Å². The minimum atomic E-state index is 0.637. The predicted molar refractivity (Wildman–Crippen MR) is 71.7 cm³/mol. The number of amides is 1. The molecule has 1 aromatic carbocycles. The third kappa shape index (κ3) is 2.89. The molecule has 1 heterocycles.